The van der Waals surface area contributed by atoms with Crippen molar-refractivity contribution in [2.24, 2.45) is 0 Å². The van der Waals surface area contributed by atoms with E-state index >= 15 is 0 Å². The summed E-state index contributed by atoms with van der Waals surface area (Å²) >= 11 is 0. The number of hydrogen-bond donors (Lipinski definition) is 2. The van der Waals surface area contributed by atoms with Crippen molar-refractivity contribution in [2.45, 2.75) is 6.04 Å². The van der Waals surface area contributed by atoms with Gasteiger partial charge in [0.1, 0.15) is 5.82 Å². The fraction of sp³-hybridized carbons (Fsp3) is 0.333. The normalized spacial score (nSPS) is 11.9. The summed E-state index contributed by atoms with van der Waals surface area (Å²) in [6.45, 7) is 0.554. The van der Waals surface area contributed by atoms with Crippen molar-refractivity contribution in [3.63, 3.8) is 0 Å². The van der Waals surface area contributed by atoms with Crippen molar-refractivity contribution in [1.82, 2.24) is 9.88 Å². The molecule has 1 aromatic carbocycles. The van der Waals surface area contributed by atoms with E-state index in [2.05, 4.69) is 15.2 Å². The molecule has 0 radical (unpaired) electrons. The summed E-state index contributed by atoms with van der Waals surface area (Å²) in [6, 6.07) is 10.7. The van der Waals surface area contributed by atoms with Crippen molar-refractivity contribution in [2.75, 3.05) is 40.2 Å². The van der Waals surface area contributed by atoms with E-state index in [9.17, 15) is 4.79 Å². The van der Waals surface area contributed by atoms with Gasteiger partial charge in [-0.2, -0.15) is 0 Å². The summed E-state index contributed by atoms with van der Waals surface area (Å²) in [7, 11) is 7.16. The smallest absolute Gasteiger partial charge is 0.354 e. The van der Waals surface area contributed by atoms with E-state index in [1.54, 1.807) is 26.4 Å². The molecule has 0 saturated carbocycles. The van der Waals surface area contributed by atoms with Crippen LogP contribution in [0.3, 0.4) is 0 Å². The molecular weight excluding hydrogens is 322 g/mol. The maximum absolute atomic E-state index is 11.0. The van der Waals surface area contributed by atoms with Crippen molar-refractivity contribution in [3.05, 3.63) is 47.7 Å². The number of hydrogen-bond acceptors (Lipinski definition) is 6. The largest absolute Gasteiger partial charge is 0.493 e. The summed E-state index contributed by atoms with van der Waals surface area (Å²) < 4.78 is 10.6. The second-order valence-electron chi connectivity index (χ2n) is 5.69. The number of benzene rings is 1. The lowest BCUT2D eigenvalue weighted by Crippen LogP contribution is -2.27. The number of likely N-dealkylation sites (N-methyl/N-ethyl adjacent to an activating group) is 1. The molecule has 0 amide bonds. The number of carbonyl (C=O) groups is 1. The first-order valence-electron chi connectivity index (χ1n) is 7.78. The van der Waals surface area contributed by atoms with E-state index in [4.69, 9.17) is 14.6 Å². The molecule has 2 aromatic rings. The van der Waals surface area contributed by atoms with Gasteiger partial charge in [0.15, 0.2) is 17.2 Å². The van der Waals surface area contributed by atoms with Crippen LogP contribution < -0.4 is 14.8 Å². The zero-order chi connectivity index (χ0) is 18.4. The molecule has 0 aliphatic carbocycles. The molecule has 134 valence electrons. The number of carboxylic acids is 1. The molecule has 1 heterocycles. The minimum Gasteiger partial charge on any atom is -0.493 e. The highest BCUT2D eigenvalue weighted by Gasteiger charge is 2.17. The Kier molecular flexibility index (Phi) is 6.19. The summed E-state index contributed by atoms with van der Waals surface area (Å²) in [6.07, 6.45) is 0. The third kappa shape index (κ3) is 4.60. The molecule has 1 aromatic heterocycles. The highest BCUT2D eigenvalue weighted by Crippen LogP contribution is 2.31. The summed E-state index contributed by atoms with van der Waals surface area (Å²) in [5, 5.41) is 12.2. The summed E-state index contributed by atoms with van der Waals surface area (Å²) in [5.74, 6) is 0.810. The fourth-order valence-electron chi connectivity index (χ4n) is 2.51. The van der Waals surface area contributed by atoms with Gasteiger partial charge in [0.05, 0.1) is 20.3 Å². The van der Waals surface area contributed by atoms with Crippen molar-refractivity contribution < 1.29 is 19.4 Å². The molecular formula is C18H23N3O4. The molecule has 2 rings (SSSR count). The summed E-state index contributed by atoms with van der Waals surface area (Å²) in [4.78, 5) is 17.2. The van der Waals surface area contributed by atoms with E-state index in [0.29, 0.717) is 23.9 Å². The van der Waals surface area contributed by atoms with Crippen molar-refractivity contribution in [3.8, 4) is 11.5 Å². The Morgan fingerprint density at radius 1 is 1.20 bits per heavy atom. The molecule has 0 spiro atoms. The predicted octanol–water partition coefficient (Wildman–Crippen LogP) is 2.51. The van der Waals surface area contributed by atoms with E-state index in [-0.39, 0.29) is 11.7 Å². The number of aromatic carboxylic acids is 1. The van der Waals surface area contributed by atoms with Gasteiger partial charge in [0, 0.05) is 6.54 Å². The van der Waals surface area contributed by atoms with Gasteiger partial charge in [-0.1, -0.05) is 12.1 Å². The average Bonchev–Trinajstić information content (AvgIpc) is 2.61. The molecule has 7 nitrogen and oxygen atoms in total. The van der Waals surface area contributed by atoms with Crippen molar-refractivity contribution >= 4 is 11.8 Å². The number of nitrogens with zero attached hydrogens (tertiary/aromatic N) is 2. The molecule has 0 aliphatic rings. The molecule has 1 unspecified atom stereocenters. The van der Waals surface area contributed by atoms with Gasteiger partial charge in [-0.05, 0) is 43.9 Å². The van der Waals surface area contributed by atoms with Crippen LogP contribution in [0.25, 0.3) is 0 Å². The Hall–Kier alpha value is -2.80. The molecule has 25 heavy (non-hydrogen) atoms. The van der Waals surface area contributed by atoms with E-state index < -0.39 is 5.97 Å². The first-order chi connectivity index (χ1) is 12.0. The number of methoxy groups -OCH3 is 2. The Bertz CT molecular complexity index is 734. The molecule has 0 aliphatic heterocycles. The Morgan fingerprint density at radius 3 is 2.52 bits per heavy atom. The van der Waals surface area contributed by atoms with Crippen LogP contribution in [0.4, 0.5) is 5.82 Å². The molecule has 1 atom stereocenters. The lowest BCUT2D eigenvalue weighted by atomic mass is 10.0. The van der Waals surface area contributed by atoms with Crippen LogP contribution in [0.15, 0.2) is 36.4 Å². The quantitative estimate of drug-likeness (QED) is 0.760. The Labute approximate surface area is 147 Å². The number of anilines is 1. The number of pyridine rings is 1. The van der Waals surface area contributed by atoms with E-state index in [0.717, 1.165) is 5.56 Å². The second kappa shape index (κ2) is 8.34. The minimum atomic E-state index is -1.05. The van der Waals surface area contributed by atoms with Gasteiger partial charge >= 0.3 is 5.97 Å². The van der Waals surface area contributed by atoms with E-state index in [1.165, 1.54) is 6.07 Å². The highest BCUT2D eigenvalue weighted by atomic mass is 16.5. The van der Waals surface area contributed by atoms with Crippen LogP contribution in [0, 0.1) is 0 Å². The molecule has 0 fully saturated rings. The third-order valence-electron chi connectivity index (χ3n) is 3.86. The molecule has 7 heteroatoms. The standard InChI is InChI=1S/C18H23N3O4/c1-21(2)14(12-8-9-15(24-3)16(10-12)25-4)11-19-17-7-5-6-13(20-17)18(22)23/h5-10,14H,11H2,1-4H3,(H,19,20)(H,22,23). The molecule has 0 bridgehead atoms. The zero-order valence-corrected chi connectivity index (χ0v) is 14.8. The lowest BCUT2D eigenvalue weighted by molar-refractivity contribution is 0.0690. The zero-order valence-electron chi connectivity index (χ0n) is 14.8. The Morgan fingerprint density at radius 2 is 1.92 bits per heavy atom. The fourth-order valence-corrected chi connectivity index (χ4v) is 2.51. The first kappa shape index (κ1) is 18.5. The predicted molar refractivity (Wildman–Crippen MR) is 95.7 cm³/mol. The van der Waals surface area contributed by atoms with Gasteiger partial charge < -0.3 is 24.8 Å². The summed E-state index contributed by atoms with van der Waals surface area (Å²) in [5.41, 5.74) is 1.06. The van der Waals surface area contributed by atoms with E-state index in [1.807, 2.05) is 32.3 Å². The number of ether oxygens (including phenoxy) is 2. The second-order valence-corrected chi connectivity index (χ2v) is 5.69. The van der Waals surface area contributed by atoms with Crippen LogP contribution in [-0.2, 0) is 0 Å². The topological polar surface area (TPSA) is 83.9 Å². The van der Waals surface area contributed by atoms with Crippen LogP contribution in [0.2, 0.25) is 0 Å². The number of carboxylic acid groups (broad SMARTS) is 1. The van der Waals surface area contributed by atoms with Crippen LogP contribution in [-0.4, -0.2) is 55.8 Å². The number of aromatic nitrogens is 1. The van der Waals surface area contributed by atoms with Crippen LogP contribution in [0.5, 0.6) is 11.5 Å². The average molecular weight is 345 g/mol. The lowest BCUT2D eigenvalue weighted by Gasteiger charge is -2.26. The number of rotatable bonds is 8. The van der Waals surface area contributed by atoms with Crippen LogP contribution >= 0.6 is 0 Å². The highest BCUT2D eigenvalue weighted by molar-refractivity contribution is 5.85. The minimum absolute atomic E-state index is 0.0116. The monoisotopic (exact) mass is 345 g/mol. The first-order valence-corrected chi connectivity index (χ1v) is 7.78. The van der Waals surface area contributed by atoms with Gasteiger partial charge in [-0.15, -0.1) is 0 Å². The maximum atomic E-state index is 11.0. The maximum Gasteiger partial charge on any atom is 0.354 e. The van der Waals surface area contributed by atoms with Gasteiger partial charge in [0.25, 0.3) is 0 Å². The molecule has 2 N–H and O–H groups in total. The SMILES string of the molecule is COc1ccc(C(CNc2cccc(C(=O)O)n2)N(C)C)cc1OC. The van der Waals surface area contributed by atoms with Crippen LogP contribution in [0.1, 0.15) is 22.1 Å². The Balaban J connectivity index is 2.19. The molecule has 0 saturated heterocycles. The van der Waals surface area contributed by atoms with Gasteiger partial charge in [-0.3, -0.25) is 0 Å². The number of nitrogens with one attached hydrogen (secondary N) is 1. The third-order valence-corrected chi connectivity index (χ3v) is 3.86. The van der Waals surface area contributed by atoms with Gasteiger partial charge in [-0.25, -0.2) is 9.78 Å². The van der Waals surface area contributed by atoms with Gasteiger partial charge in [0.2, 0.25) is 0 Å². The van der Waals surface area contributed by atoms with Crippen molar-refractivity contribution in [1.29, 1.82) is 0 Å².